The van der Waals surface area contributed by atoms with E-state index in [2.05, 4.69) is 15.0 Å². The van der Waals surface area contributed by atoms with E-state index in [-0.39, 0.29) is 10.9 Å². The van der Waals surface area contributed by atoms with Crippen LogP contribution >= 0.6 is 22.9 Å². The topological polar surface area (TPSA) is 104 Å². The molecule has 3 rings (SSSR count). The highest BCUT2D eigenvalue weighted by atomic mass is 35.5. The summed E-state index contributed by atoms with van der Waals surface area (Å²) < 4.78 is 34.3. The number of nitro benzene ring substituents is 1. The standard InChI is InChI=1S/C20H16ClF2N3O5S/c1-10-4-3-5-11(17(10)21)6-12-9-24-20(32-12)25-18(27)13-7-15(30-2)16(31-19(22)23)8-14(13)26(28)29/h3-5,7-9,19H,6H2,1-2H3,(H,24,25,27). The van der Waals surface area contributed by atoms with Crippen molar-refractivity contribution in [2.45, 2.75) is 20.0 Å². The minimum atomic E-state index is -3.22. The van der Waals surface area contributed by atoms with Crippen LogP contribution in [-0.4, -0.2) is 29.5 Å². The highest BCUT2D eigenvalue weighted by molar-refractivity contribution is 7.15. The van der Waals surface area contributed by atoms with Gasteiger partial charge in [-0.05, 0) is 18.1 Å². The van der Waals surface area contributed by atoms with Crippen LogP contribution in [0.1, 0.15) is 26.4 Å². The summed E-state index contributed by atoms with van der Waals surface area (Å²) in [6.07, 6.45) is 2.05. The Labute approximate surface area is 189 Å². The van der Waals surface area contributed by atoms with Crippen LogP contribution in [0.25, 0.3) is 0 Å². The first-order chi connectivity index (χ1) is 15.2. The molecule has 0 bridgehead atoms. The number of alkyl halides is 2. The second kappa shape index (κ2) is 9.88. The van der Waals surface area contributed by atoms with Gasteiger partial charge < -0.3 is 9.47 Å². The molecule has 3 aromatic rings. The Hall–Kier alpha value is -3.31. The van der Waals surface area contributed by atoms with Crippen molar-refractivity contribution in [3.05, 3.63) is 73.2 Å². The van der Waals surface area contributed by atoms with Crippen LogP contribution in [0.5, 0.6) is 11.5 Å². The van der Waals surface area contributed by atoms with Crippen LogP contribution in [0.3, 0.4) is 0 Å². The smallest absolute Gasteiger partial charge is 0.387 e. The van der Waals surface area contributed by atoms with Gasteiger partial charge in [-0.25, -0.2) is 4.98 Å². The summed E-state index contributed by atoms with van der Waals surface area (Å²) in [5, 5.41) is 14.7. The van der Waals surface area contributed by atoms with E-state index >= 15 is 0 Å². The number of halogens is 3. The zero-order valence-electron chi connectivity index (χ0n) is 16.7. The quantitative estimate of drug-likeness (QED) is 0.337. The molecular weight excluding hydrogens is 468 g/mol. The van der Waals surface area contributed by atoms with Gasteiger partial charge in [0.05, 0.1) is 18.1 Å². The number of nitro groups is 1. The van der Waals surface area contributed by atoms with Gasteiger partial charge in [0.15, 0.2) is 16.6 Å². The molecule has 0 spiro atoms. The van der Waals surface area contributed by atoms with E-state index in [0.717, 1.165) is 29.2 Å². The lowest BCUT2D eigenvalue weighted by atomic mass is 10.1. The Balaban J connectivity index is 1.84. The number of hydrogen-bond donors (Lipinski definition) is 1. The van der Waals surface area contributed by atoms with Crippen LogP contribution in [0.2, 0.25) is 5.02 Å². The highest BCUT2D eigenvalue weighted by Crippen LogP contribution is 2.36. The molecule has 0 atom stereocenters. The Morgan fingerprint density at radius 1 is 1.34 bits per heavy atom. The lowest BCUT2D eigenvalue weighted by molar-refractivity contribution is -0.385. The molecule has 32 heavy (non-hydrogen) atoms. The first kappa shape index (κ1) is 23.4. The molecule has 0 aliphatic carbocycles. The molecule has 8 nitrogen and oxygen atoms in total. The van der Waals surface area contributed by atoms with E-state index in [1.54, 1.807) is 6.20 Å². The van der Waals surface area contributed by atoms with Gasteiger partial charge in [0.1, 0.15) is 5.56 Å². The summed E-state index contributed by atoms with van der Waals surface area (Å²) in [5.41, 5.74) is 0.708. The maximum absolute atomic E-state index is 12.7. The average Bonchev–Trinajstić information content (AvgIpc) is 3.17. The molecule has 0 saturated heterocycles. The predicted molar refractivity (Wildman–Crippen MR) is 115 cm³/mol. The highest BCUT2D eigenvalue weighted by Gasteiger charge is 2.26. The molecular formula is C20H16ClF2N3O5S. The zero-order valence-corrected chi connectivity index (χ0v) is 18.3. The second-order valence-corrected chi connectivity index (χ2v) is 7.96. The lowest BCUT2D eigenvalue weighted by Gasteiger charge is -2.11. The molecule has 0 unspecified atom stereocenters. The van der Waals surface area contributed by atoms with Crippen molar-refractivity contribution in [2.75, 3.05) is 12.4 Å². The van der Waals surface area contributed by atoms with E-state index < -0.39 is 34.4 Å². The van der Waals surface area contributed by atoms with E-state index in [9.17, 15) is 23.7 Å². The minimum absolute atomic E-state index is 0.204. The van der Waals surface area contributed by atoms with Gasteiger partial charge in [-0.3, -0.25) is 20.2 Å². The number of nitrogens with zero attached hydrogens (tertiary/aromatic N) is 2. The first-order valence-electron chi connectivity index (χ1n) is 9.01. The zero-order chi connectivity index (χ0) is 23.4. The number of methoxy groups -OCH3 is 1. The Kier molecular flexibility index (Phi) is 7.21. The van der Waals surface area contributed by atoms with Crippen molar-refractivity contribution in [1.29, 1.82) is 0 Å². The van der Waals surface area contributed by atoms with Crippen LogP contribution in [-0.2, 0) is 6.42 Å². The molecule has 12 heteroatoms. The van der Waals surface area contributed by atoms with Crippen molar-refractivity contribution in [2.24, 2.45) is 0 Å². The molecule has 0 radical (unpaired) electrons. The molecule has 1 aromatic heterocycles. The predicted octanol–water partition coefficient (Wildman–Crippen LogP) is 5.47. The van der Waals surface area contributed by atoms with Gasteiger partial charge in [0.25, 0.3) is 11.6 Å². The van der Waals surface area contributed by atoms with Gasteiger partial charge in [0, 0.05) is 28.6 Å². The Morgan fingerprint density at radius 2 is 2.09 bits per heavy atom. The van der Waals surface area contributed by atoms with Gasteiger partial charge in [-0.2, -0.15) is 8.78 Å². The van der Waals surface area contributed by atoms with E-state index in [0.29, 0.717) is 17.5 Å². The number of rotatable bonds is 8. The molecule has 0 aliphatic rings. The number of benzene rings is 2. The molecule has 2 aromatic carbocycles. The van der Waals surface area contributed by atoms with Gasteiger partial charge in [-0.15, -0.1) is 11.3 Å². The Bertz CT molecular complexity index is 1170. The van der Waals surface area contributed by atoms with Gasteiger partial charge in [-0.1, -0.05) is 29.8 Å². The van der Waals surface area contributed by atoms with E-state index in [1.807, 2.05) is 25.1 Å². The van der Waals surface area contributed by atoms with Crippen molar-refractivity contribution in [3.8, 4) is 11.5 Å². The minimum Gasteiger partial charge on any atom is -0.493 e. The number of anilines is 1. The largest absolute Gasteiger partial charge is 0.493 e. The molecule has 1 amide bonds. The molecule has 0 aliphatic heterocycles. The van der Waals surface area contributed by atoms with Crippen molar-refractivity contribution >= 4 is 39.7 Å². The fraction of sp³-hybridized carbons (Fsp3) is 0.200. The molecule has 0 saturated carbocycles. The van der Waals surface area contributed by atoms with Crippen LogP contribution in [0, 0.1) is 17.0 Å². The monoisotopic (exact) mass is 483 g/mol. The second-order valence-electron chi connectivity index (χ2n) is 6.47. The number of amides is 1. The maximum Gasteiger partial charge on any atom is 0.387 e. The normalized spacial score (nSPS) is 10.8. The summed E-state index contributed by atoms with van der Waals surface area (Å²) in [7, 11) is 1.16. The number of carbonyl (C=O) groups is 1. The SMILES string of the molecule is COc1cc(C(=O)Nc2ncc(Cc3cccc(C)c3Cl)s2)c([N+](=O)[O-])cc1OC(F)F. The van der Waals surface area contributed by atoms with Crippen molar-refractivity contribution in [1.82, 2.24) is 4.98 Å². The van der Waals surface area contributed by atoms with E-state index in [1.165, 1.54) is 11.3 Å². The molecule has 1 N–H and O–H groups in total. The third kappa shape index (κ3) is 5.29. The number of aryl methyl sites for hydroxylation is 1. The molecule has 1 heterocycles. The maximum atomic E-state index is 12.7. The summed E-state index contributed by atoms with van der Waals surface area (Å²) in [5.74, 6) is -1.67. The van der Waals surface area contributed by atoms with E-state index in [4.69, 9.17) is 16.3 Å². The number of carbonyl (C=O) groups excluding carboxylic acids is 1. The average molecular weight is 484 g/mol. The van der Waals surface area contributed by atoms with Crippen LogP contribution < -0.4 is 14.8 Å². The number of nitrogens with one attached hydrogen (secondary N) is 1. The fourth-order valence-corrected chi connectivity index (χ4v) is 3.90. The number of aromatic nitrogens is 1. The van der Waals surface area contributed by atoms with Crippen molar-refractivity contribution in [3.63, 3.8) is 0 Å². The summed E-state index contributed by atoms with van der Waals surface area (Å²) >= 11 is 7.49. The van der Waals surface area contributed by atoms with Crippen LogP contribution in [0.15, 0.2) is 36.5 Å². The third-order valence-corrected chi connectivity index (χ3v) is 5.80. The molecule has 0 fully saturated rings. The third-order valence-electron chi connectivity index (χ3n) is 4.35. The summed E-state index contributed by atoms with van der Waals surface area (Å²) in [4.78, 5) is 28.1. The summed E-state index contributed by atoms with van der Waals surface area (Å²) in [6.45, 7) is -1.33. The fourth-order valence-electron chi connectivity index (χ4n) is 2.87. The van der Waals surface area contributed by atoms with Crippen molar-refractivity contribution < 1.29 is 28.0 Å². The van der Waals surface area contributed by atoms with Gasteiger partial charge in [0.2, 0.25) is 0 Å². The number of hydrogen-bond acceptors (Lipinski definition) is 7. The van der Waals surface area contributed by atoms with Crippen LogP contribution in [0.4, 0.5) is 19.6 Å². The van der Waals surface area contributed by atoms with Gasteiger partial charge >= 0.3 is 6.61 Å². The molecule has 168 valence electrons. The number of ether oxygens (including phenoxy) is 2. The summed E-state index contributed by atoms with van der Waals surface area (Å²) in [6, 6.07) is 7.34. The number of thiazole rings is 1. The Morgan fingerprint density at radius 3 is 2.75 bits per heavy atom. The first-order valence-corrected chi connectivity index (χ1v) is 10.2. The lowest BCUT2D eigenvalue weighted by Crippen LogP contribution is -2.15.